The largest absolute Gasteiger partial charge is 0.326 e. The molecule has 3 aromatic carbocycles. The molecule has 3 heteroatoms. The molecule has 0 radical (unpaired) electrons. The molecular formula is C20H17ClN2. The van der Waals surface area contributed by atoms with Gasteiger partial charge in [-0.2, -0.15) is 0 Å². The molecule has 1 aromatic heterocycles. The lowest BCUT2D eigenvalue weighted by molar-refractivity contribution is 1.08. The van der Waals surface area contributed by atoms with Gasteiger partial charge in [-0.05, 0) is 17.0 Å². The number of benzene rings is 3. The fraction of sp³-hybridized carbons (Fsp3) is 0.0500. The summed E-state index contributed by atoms with van der Waals surface area (Å²) in [4.78, 5) is 4.93. The van der Waals surface area contributed by atoms with E-state index in [-0.39, 0.29) is 12.4 Å². The molecular weight excluding hydrogens is 304 g/mol. The van der Waals surface area contributed by atoms with Crippen molar-refractivity contribution in [1.82, 2.24) is 4.98 Å². The molecule has 114 valence electrons. The third-order valence-electron chi connectivity index (χ3n) is 4.08. The molecule has 0 saturated heterocycles. The van der Waals surface area contributed by atoms with Crippen LogP contribution in [0.3, 0.4) is 0 Å². The Morgan fingerprint density at radius 1 is 0.783 bits per heavy atom. The molecule has 0 atom stereocenters. The zero-order chi connectivity index (χ0) is 14.9. The highest BCUT2D eigenvalue weighted by Crippen LogP contribution is 2.29. The van der Waals surface area contributed by atoms with E-state index in [1.165, 1.54) is 10.8 Å². The van der Waals surface area contributed by atoms with Gasteiger partial charge in [0.1, 0.15) is 0 Å². The molecule has 2 N–H and O–H groups in total. The number of hydrogen-bond donors (Lipinski definition) is 1. The van der Waals surface area contributed by atoms with Crippen LogP contribution in [0, 0.1) is 0 Å². The van der Waals surface area contributed by atoms with Gasteiger partial charge in [-0.15, -0.1) is 12.4 Å². The van der Waals surface area contributed by atoms with Crippen molar-refractivity contribution in [2.45, 2.75) is 6.54 Å². The number of rotatable bonds is 2. The van der Waals surface area contributed by atoms with Crippen LogP contribution in [0.1, 0.15) is 5.56 Å². The number of pyridine rings is 1. The predicted octanol–water partition coefficient (Wildman–Crippen LogP) is 4.94. The number of hydrogen-bond acceptors (Lipinski definition) is 2. The molecule has 0 unspecified atom stereocenters. The molecule has 2 nitrogen and oxygen atoms in total. The van der Waals surface area contributed by atoms with Gasteiger partial charge >= 0.3 is 0 Å². The third kappa shape index (κ3) is 2.67. The average molecular weight is 321 g/mol. The number of nitrogens with two attached hydrogens (primary N) is 1. The Morgan fingerprint density at radius 3 is 2.30 bits per heavy atom. The number of halogens is 1. The zero-order valence-corrected chi connectivity index (χ0v) is 13.4. The van der Waals surface area contributed by atoms with Crippen molar-refractivity contribution in [3.63, 3.8) is 0 Å². The van der Waals surface area contributed by atoms with E-state index in [0.29, 0.717) is 6.54 Å². The minimum atomic E-state index is 0. The van der Waals surface area contributed by atoms with E-state index in [9.17, 15) is 0 Å². The highest BCUT2D eigenvalue weighted by molar-refractivity contribution is 6.06. The van der Waals surface area contributed by atoms with E-state index in [1.807, 2.05) is 18.2 Å². The predicted molar refractivity (Wildman–Crippen MR) is 99.8 cm³/mol. The summed E-state index contributed by atoms with van der Waals surface area (Å²) >= 11 is 0. The van der Waals surface area contributed by atoms with Crippen molar-refractivity contribution in [2.75, 3.05) is 0 Å². The smallest absolute Gasteiger partial charge is 0.0791 e. The quantitative estimate of drug-likeness (QED) is 0.531. The molecule has 1 heterocycles. The van der Waals surface area contributed by atoms with Crippen molar-refractivity contribution >= 4 is 34.1 Å². The van der Waals surface area contributed by atoms with Crippen LogP contribution in [0.2, 0.25) is 0 Å². The van der Waals surface area contributed by atoms with Gasteiger partial charge in [-0.25, -0.2) is 4.98 Å². The summed E-state index contributed by atoms with van der Waals surface area (Å²) < 4.78 is 0. The first kappa shape index (κ1) is 15.5. The van der Waals surface area contributed by atoms with Crippen molar-refractivity contribution in [3.8, 4) is 11.3 Å². The SMILES string of the molecule is Cl.NCc1cc(-c2ccccc2)nc2c1ccc1ccccc12. The topological polar surface area (TPSA) is 38.9 Å². The summed E-state index contributed by atoms with van der Waals surface area (Å²) in [6.45, 7) is 0.511. The number of aromatic nitrogens is 1. The Hall–Kier alpha value is -2.42. The third-order valence-corrected chi connectivity index (χ3v) is 4.08. The van der Waals surface area contributed by atoms with Crippen molar-refractivity contribution in [2.24, 2.45) is 5.73 Å². The van der Waals surface area contributed by atoms with Crippen LogP contribution in [-0.4, -0.2) is 4.98 Å². The first-order valence-electron chi connectivity index (χ1n) is 7.44. The fourth-order valence-corrected chi connectivity index (χ4v) is 2.96. The molecule has 0 aliphatic heterocycles. The second-order valence-electron chi connectivity index (χ2n) is 5.42. The molecule has 23 heavy (non-hydrogen) atoms. The van der Waals surface area contributed by atoms with Crippen LogP contribution in [0.5, 0.6) is 0 Å². The van der Waals surface area contributed by atoms with Crippen molar-refractivity contribution in [1.29, 1.82) is 0 Å². The molecule has 0 spiro atoms. The van der Waals surface area contributed by atoms with Crippen LogP contribution in [0.15, 0.2) is 72.8 Å². The highest BCUT2D eigenvalue weighted by atomic mass is 35.5. The first-order valence-corrected chi connectivity index (χ1v) is 7.44. The molecule has 4 aromatic rings. The molecule has 0 aliphatic carbocycles. The number of fused-ring (bicyclic) bond motifs is 3. The summed E-state index contributed by atoms with van der Waals surface area (Å²) in [5, 5.41) is 3.52. The maximum Gasteiger partial charge on any atom is 0.0791 e. The summed E-state index contributed by atoms with van der Waals surface area (Å²) in [7, 11) is 0. The summed E-state index contributed by atoms with van der Waals surface area (Å²) in [6, 6.07) is 25.0. The van der Waals surface area contributed by atoms with Gasteiger partial charge in [0.15, 0.2) is 0 Å². The highest BCUT2D eigenvalue weighted by Gasteiger charge is 2.09. The molecule has 0 aliphatic rings. The lowest BCUT2D eigenvalue weighted by atomic mass is 10.00. The standard InChI is InChI=1S/C20H16N2.ClH/c21-13-16-12-19(15-7-2-1-3-8-15)22-20-17-9-5-4-6-14(17)10-11-18(16)20;/h1-12H,13,21H2;1H. The van der Waals surface area contributed by atoms with Crippen LogP contribution in [-0.2, 0) is 6.54 Å². The lowest BCUT2D eigenvalue weighted by Gasteiger charge is -2.10. The van der Waals surface area contributed by atoms with E-state index >= 15 is 0 Å². The second kappa shape index (κ2) is 6.37. The zero-order valence-electron chi connectivity index (χ0n) is 12.6. The Balaban J connectivity index is 0.00000156. The van der Waals surface area contributed by atoms with E-state index in [4.69, 9.17) is 10.7 Å². The maximum atomic E-state index is 5.98. The van der Waals surface area contributed by atoms with Crippen LogP contribution in [0.4, 0.5) is 0 Å². The Morgan fingerprint density at radius 2 is 1.52 bits per heavy atom. The van der Waals surface area contributed by atoms with Crippen LogP contribution < -0.4 is 5.73 Å². The van der Waals surface area contributed by atoms with E-state index in [1.54, 1.807) is 0 Å². The normalized spacial score (nSPS) is 10.7. The van der Waals surface area contributed by atoms with Gasteiger partial charge in [0.25, 0.3) is 0 Å². The molecule has 0 saturated carbocycles. The monoisotopic (exact) mass is 320 g/mol. The van der Waals surface area contributed by atoms with Crippen LogP contribution >= 0.6 is 12.4 Å². The molecule has 0 bridgehead atoms. The van der Waals surface area contributed by atoms with Gasteiger partial charge in [0.2, 0.25) is 0 Å². The van der Waals surface area contributed by atoms with Gasteiger partial charge < -0.3 is 5.73 Å². The van der Waals surface area contributed by atoms with E-state index < -0.39 is 0 Å². The van der Waals surface area contributed by atoms with Gasteiger partial charge in [0, 0.05) is 22.9 Å². The minimum absolute atomic E-state index is 0. The minimum Gasteiger partial charge on any atom is -0.326 e. The average Bonchev–Trinajstić information content (AvgIpc) is 2.61. The van der Waals surface area contributed by atoms with Crippen molar-refractivity contribution < 1.29 is 0 Å². The second-order valence-corrected chi connectivity index (χ2v) is 5.42. The van der Waals surface area contributed by atoms with E-state index in [2.05, 4.69) is 54.6 Å². The molecule has 0 amide bonds. The Labute approximate surface area is 141 Å². The lowest BCUT2D eigenvalue weighted by Crippen LogP contribution is -2.00. The van der Waals surface area contributed by atoms with Gasteiger partial charge in [-0.1, -0.05) is 66.7 Å². The van der Waals surface area contributed by atoms with Gasteiger partial charge in [0.05, 0.1) is 11.2 Å². The first-order chi connectivity index (χ1) is 10.9. The Kier molecular flexibility index (Phi) is 4.28. The van der Waals surface area contributed by atoms with E-state index in [0.717, 1.165) is 27.7 Å². The maximum absolute atomic E-state index is 5.98. The summed E-state index contributed by atoms with van der Waals surface area (Å²) in [6.07, 6.45) is 0. The molecule has 4 rings (SSSR count). The summed E-state index contributed by atoms with van der Waals surface area (Å²) in [5.41, 5.74) is 10.2. The van der Waals surface area contributed by atoms with Crippen molar-refractivity contribution in [3.05, 3.63) is 78.4 Å². The number of nitrogens with zero attached hydrogens (tertiary/aromatic N) is 1. The van der Waals surface area contributed by atoms with Gasteiger partial charge in [-0.3, -0.25) is 0 Å². The molecule has 0 fully saturated rings. The fourth-order valence-electron chi connectivity index (χ4n) is 2.96. The summed E-state index contributed by atoms with van der Waals surface area (Å²) in [5.74, 6) is 0. The van der Waals surface area contributed by atoms with Crippen LogP contribution in [0.25, 0.3) is 32.9 Å². The Bertz CT molecular complexity index is 965.